The van der Waals surface area contributed by atoms with Crippen molar-refractivity contribution >= 4 is 11.6 Å². The lowest BCUT2D eigenvalue weighted by Crippen LogP contribution is -1.75. The highest BCUT2D eigenvalue weighted by Crippen LogP contribution is 2.04. The molecule has 1 heteroatoms. The molecule has 9 heavy (non-hydrogen) atoms. The van der Waals surface area contributed by atoms with Crippen LogP contribution in [0.15, 0.2) is 23.3 Å². The molecule has 0 aliphatic carbocycles. The Hall–Kier alpha value is -0.230. The van der Waals surface area contributed by atoms with Gasteiger partial charge in [-0.15, -0.1) is 0 Å². The van der Waals surface area contributed by atoms with Crippen LogP contribution in [-0.4, -0.2) is 0 Å². The fourth-order valence-corrected chi connectivity index (χ4v) is 0.453. The maximum Gasteiger partial charge on any atom is 0.0360 e. The molecule has 0 aromatic heterocycles. The minimum atomic E-state index is 0.582. The summed E-state index contributed by atoms with van der Waals surface area (Å²) < 4.78 is 0. The van der Waals surface area contributed by atoms with Crippen LogP contribution in [0.5, 0.6) is 0 Å². The molecule has 0 unspecified atom stereocenters. The molecule has 0 atom stereocenters. The first-order chi connectivity index (χ1) is 4.16. The zero-order valence-corrected chi connectivity index (χ0v) is 6.94. The highest BCUT2D eigenvalue weighted by Gasteiger charge is 1.83. The van der Waals surface area contributed by atoms with E-state index in [1.807, 2.05) is 19.1 Å². The number of rotatable bonds is 2. The second kappa shape index (κ2) is 4.63. The molecule has 0 spiro atoms. The predicted molar refractivity (Wildman–Crippen MR) is 43.6 cm³/mol. The molecule has 0 aliphatic heterocycles. The lowest BCUT2D eigenvalue weighted by Gasteiger charge is -1.91. The van der Waals surface area contributed by atoms with Crippen LogP contribution in [0.25, 0.3) is 0 Å². The van der Waals surface area contributed by atoms with Crippen LogP contribution >= 0.6 is 11.6 Å². The van der Waals surface area contributed by atoms with Gasteiger partial charge >= 0.3 is 0 Å². The van der Waals surface area contributed by atoms with Crippen molar-refractivity contribution in [2.45, 2.75) is 20.8 Å². The largest absolute Gasteiger partial charge is 0.0847 e. The minimum Gasteiger partial charge on any atom is -0.0847 e. The number of halogens is 1. The van der Waals surface area contributed by atoms with Crippen LogP contribution in [0, 0.1) is 5.92 Å². The molecule has 0 bridgehead atoms. The summed E-state index contributed by atoms with van der Waals surface area (Å²) in [6.45, 7) is 6.17. The minimum absolute atomic E-state index is 0.582. The van der Waals surface area contributed by atoms with Crippen molar-refractivity contribution in [2.75, 3.05) is 0 Å². The Morgan fingerprint density at radius 2 is 2.00 bits per heavy atom. The van der Waals surface area contributed by atoms with Crippen LogP contribution in [-0.2, 0) is 0 Å². The Kier molecular flexibility index (Phi) is 4.51. The lowest BCUT2D eigenvalue weighted by atomic mass is 10.2. The van der Waals surface area contributed by atoms with Gasteiger partial charge in [-0.25, -0.2) is 0 Å². The fraction of sp³-hybridized carbons (Fsp3) is 0.500. The van der Waals surface area contributed by atoms with E-state index in [4.69, 9.17) is 11.6 Å². The van der Waals surface area contributed by atoms with Gasteiger partial charge in [-0.05, 0) is 18.9 Å². The normalized spacial score (nSPS) is 13.7. The van der Waals surface area contributed by atoms with E-state index < -0.39 is 0 Å². The van der Waals surface area contributed by atoms with Crippen LogP contribution < -0.4 is 0 Å². The van der Waals surface area contributed by atoms with Gasteiger partial charge in [-0.1, -0.05) is 37.6 Å². The van der Waals surface area contributed by atoms with Gasteiger partial charge in [0.15, 0.2) is 0 Å². The van der Waals surface area contributed by atoms with Crippen molar-refractivity contribution in [2.24, 2.45) is 5.92 Å². The highest BCUT2D eigenvalue weighted by molar-refractivity contribution is 6.31. The maximum atomic E-state index is 5.68. The van der Waals surface area contributed by atoms with Crippen molar-refractivity contribution in [1.82, 2.24) is 0 Å². The Morgan fingerprint density at radius 1 is 1.44 bits per heavy atom. The zero-order chi connectivity index (χ0) is 7.28. The van der Waals surface area contributed by atoms with Gasteiger partial charge in [0.05, 0.1) is 0 Å². The van der Waals surface area contributed by atoms with E-state index in [0.29, 0.717) is 5.92 Å². The van der Waals surface area contributed by atoms with Crippen LogP contribution in [0.3, 0.4) is 0 Å². The fourth-order valence-electron chi connectivity index (χ4n) is 0.381. The number of hydrogen-bond donors (Lipinski definition) is 0. The third-order valence-corrected chi connectivity index (χ3v) is 1.26. The quantitative estimate of drug-likeness (QED) is 0.522. The van der Waals surface area contributed by atoms with Gasteiger partial charge in [0.2, 0.25) is 0 Å². The lowest BCUT2D eigenvalue weighted by molar-refractivity contribution is 0.831. The van der Waals surface area contributed by atoms with Gasteiger partial charge in [0.1, 0.15) is 0 Å². The smallest absolute Gasteiger partial charge is 0.0360 e. The summed E-state index contributed by atoms with van der Waals surface area (Å²) in [5.41, 5.74) is 0. The maximum absolute atomic E-state index is 5.68. The molecule has 0 aromatic rings. The SMILES string of the molecule is CC=C(Cl)C=CC(C)C. The van der Waals surface area contributed by atoms with E-state index in [2.05, 4.69) is 19.9 Å². The molecule has 0 saturated carbocycles. The Labute approximate surface area is 62.2 Å². The Morgan fingerprint density at radius 3 is 2.33 bits per heavy atom. The van der Waals surface area contributed by atoms with Gasteiger partial charge in [0, 0.05) is 5.03 Å². The monoisotopic (exact) mass is 144 g/mol. The molecule has 0 heterocycles. The van der Waals surface area contributed by atoms with Crippen LogP contribution in [0.4, 0.5) is 0 Å². The molecule has 0 N–H and O–H groups in total. The van der Waals surface area contributed by atoms with E-state index in [1.165, 1.54) is 0 Å². The highest BCUT2D eigenvalue weighted by atomic mass is 35.5. The number of allylic oxidation sites excluding steroid dienone is 4. The summed E-state index contributed by atoms with van der Waals surface area (Å²) in [5, 5.41) is 0.809. The topological polar surface area (TPSA) is 0 Å². The summed E-state index contributed by atoms with van der Waals surface area (Å²) in [5.74, 6) is 0.582. The molecular weight excluding hydrogens is 132 g/mol. The second-order valence-corrected chi connectivity index (χ2v) is 2.71. The van der Waals surface area contributed by atoms with Gasteiger partial charge in [0.25, 0.3) is 0 Å². The zero-order valence-electron chi connectivity index (χ0n) is 6.19. The first-order valence-electron chi connectivity index (χ1n) is 3.17. The summed E-state index contributed by atoms with van der Waals surface area (Å²) >= 11 is 5.68. The van der Waals surface area contributed by atoms with E-state index in [-0.39, 0.29) is 0 Å². The standard InChI is InChI=1S/C8H13Cl/c1-4-8(9)6-5-7(2)3/h4-7H,1-3H3. The van der Waals surface area contributed by atoms with Crippen molar-refractivity contribution in [1.29, 1.82) is 0 Å². The first-order valence-corrected chi connectivity index (χ1v) is 3.54. The van der Waals surface area contributed by atoms with Crippen molar-refractivity contribution < 1.29 is 0 Å². The summed E-state index contributed by atoms with van der Waals surface area (Å²) in [4.78, 5) is 0. The molecule has 0 saturated heterocycles. The predicted octanol–water partition coefficient (Wildman–Crippen LogP) is 3.34. The Balaban J connectivity index is 3.71. The van der Waals surface area contributed by atoms with Gasteiger partial charge in [-0.2, -0.15) is 0 Å². The molecular formula is C8H13Cl. The third-order valence-electron chi connectivity index (χ3n) is 0.916. The molecule has 0 nitrogen and oxygen atoms in total. The van der Waals surface area contributed by atoms with E-state index in [9.17, 15) is 0 Å². The first kappa shape index (κ1) is 8.77. The molecule has 0 aromatic carbocycles. The van der Waals surface area contributed by atoms with Crippen molar-refractivity contribution in [3.63, 3.8) is 0 Å². The van der Waals surface area contributed by atoms with Gasteiger partial charge in [-0.3, -0.25) is 0 Å². The second-order valence-electron chi connectivity index (χ2n) is 2.28. The molecule has 52 valence electrons. The third kappa shape index (κ3) is 5.64. The summed E-state index contributed by atoms with van der Waals surface area (Å²) in [6, 6.07) is 0. The van der Waals surface area contributed by atoms with Crippen LogP contribution in [0.1, 0.15) is 20.8 Å². The average molecular weight is 145 g/mol. The van der Waals surface area contributed by atoms with E-state index in [1.54, 1.807) is 0 Å². The van der Waals surface area contributed by atoms with Crippen molar-refractivity contribution in [3.05, 3.63) is 23.3 Å². The number of hydrogen-bond acceptors (Lipinski definition) is 0. The summed E-state index contributed by atoms with van der Waals surface area (Å²) in [7, 11) is 0. The molecule has 0 radical (unpaired) electrons. The molecule has 0 fully saturated rings. The molecule has 0 aliphatic rings. The Bertz CT molecular complexity index is 121. The van der Waals surface area contributed by atoms with E-state index in [0.717, 1.165) is 5.03 Å². The van der Waals surface area contributed by atoms with Crippen LogP contribution in [0.2, 0.25) is 0 Å². The average Bonchev–Trinajstić information content (AvgIpc) is 1.83. The van der Waals surface area contributed by atoms with Crippen molar-refractivity contribution in [3.8, 4) is 0 Å². The molecule has 0 rings (SSSR count). The molecule has 0 amide bonds. The summed E-state index contributed by atoms with van der Waals surface area (Å²) in [6.07, 6.45) is 5.87. The van der Waals surface area contributed by atoms with E-state index >= 15 is 0 Å². The van der Waals surface area contributed by atoms with Gasteiger partial charge < -0.3 is 0 Å².